The van der Waals surface area contributed by atoms with Crippen LogP contribution in [-0.2, 0) is 20.7 Å². The summed E-state index contributed by atoms with van der Waals surface area (Å²) in [6.07, 6.45) is 6.61. The highest BCUT2D eigenvalue weighted by atomic mass is 16.5. The smallest absolute Gasteiger partial charge is 0.306 e. The molecule has 0 heterocycles. The molecule has 1 saturated carbocycles. The van der Waals surface area contributed by atoms with Gasteiger partial charge in [-0.05, 0) is 24.8 Å². The molecule has 114 valence electrons. The van der Waals surface area contributed by atoms with Gasteiger partial charge in [0.2, 0.25) is 0 Å². The SMILES string of the molecule is O=C(COC(=O)CCc1ccccc1)NC1CCCCC1. The molecule has 1 aliphatic carbocycles. The molecule has 0 bridgehead atoms. The Kier molecular flexibility index (Phi) is 6.25. The van der Waals surface area contributed by atoms with Crippen molar-refractivity contribution in [1.29, 1.82) is 0 Å². The fourth-order valence-electron chi connectivity index (χ4n) is 2.63. The molecule has 1 amide bonds. The Morgan fingerprint density at radius 3 is 2.52 bits per heavy atom. The van der Waals surface area contributed by atoms with Gasteiger partial charge in [0.25, 0.3) is 5.91 Å². The third-order valence-corrected chi connectivity index (χ3v) is 3.80. The Morgan fingerprint density at radius 2 is 1.81 bits per heavy atom. The Labute approximate surface area is 125 Å². The second-order valence-corrected chi connectivity index (χ2v) is 5.55. The number of rotatable bonds is 6. The van der Waals surface area contributed by atoms with E-state index in [1.807, 2.05) is 30.3 Å². The zero-order valence-electron chi connectivity index (χ0n) is 12.3. The van der Waals surface area contributed by atoms with Crippen LogP contribution in [0.4, 0.5) is 0 Å². The van der Waals surface area contributed by atoms with Crippen molar-refractivity contribution in [3.8, 4) is 0 Å². The lowest BCUT2D eigenvalue weighted by molar-refractivity contribution is -0.148. The first-order valence-corrected chi connectivity index (χ1v) is 7.73. The molecule has 0 spiro atoms. The molecule has 21 heavy (non-hydrogen) atoms. The largest absolute Gasteiger partial charge is 0.456 e. The van der Waals surface area contributed by atoms with Gasteiger partial charge in [-0.25, -0.2) is 0 Å². The van der Waals surface area contributed by atoms with Crippen LogP contribution in [0.1, 0.15) is 44.1 Å². The number of esters is 1. The number of nitrogens with one attached hydrogen (secondary N) is 1. The predicted octanol–water partition coefficient (Wildman–Crippen LogP) is 2.61. The number of hydrogen-bond acceptors (Lipinski definition) is 3. The summed E-state index contributed by atoms with van der Waals surface area (Å²) in [5, 5.41) is 2.93. The van der Waals surface area contributed by atoms with Gasteiger partial charge in [0.05, 0.1) is 0 Å². The maximum absolute atomic E-state index is 11.7. The summed E-state index contributed by atoms with van der Waals surface area (Å²) in [7, 11) is 0. The molecular formula is C17H23NO3. The van der Waals surface area contributed by atoms with Gasteiger partial charge in [-0.2, -0.15) is 0 Å². The third-order valence-electron chi connectivity index (χ3n) is 3.80. The van der Waals surface area contributed by atoms with E-state index in [4.69, 9.17) is 4.74 Å². The lowest BCUT2D eigenvalue weighted by Gasteiger charge is -2.22. The monoisotopic (exact) mass is 289 g/mol. The first-order valence-electron chi connectivity index (χ1n) is 7.73. The summed E-state index contributed by atoms with van der Waals surface area (Å²) >= 11 is 0. The van der Waals surface area contributed by atoms with Gasteiger partial charge in [0.15, 0.2) is 6.61 Å². The van der Waals surface area contributed by atoms with Crippen molar-refractivity contribution < 1.29 is 14.3 Å². The van der Waals surface area contributed by atoms with Crippen LogP contribution in [0, 0.1) is 0 Å². The molecule has 1 fully saturated rings. The summed E-state index contributed by atoms with van der Waals surface area (Å²) in [6.45, 7) is -0.163. The molecular weight excluding hydrogens is 266 g/mol. The van der Waals surface area contributed by atoms with Gasteiger partial charge in [0, 0.05) is 12.5 Å². The standard InChI is InChI=1S/C17H23NO3/c19-16(18-15-9-5-2-6-10-15)13-21-17(20)12-11-14-7-3-1-4-8-14/h1,3-4,7-8,15H,2,5-6,9-13H2,(H,18,19). The predicted molar refractivity (Wildman–Crippen MR) is 80.7 cm³/mol. The number of benzene rings is 1. The maximum atomic E-state index is 11.7. The minimum Gasteiger partial charge on any atom is -0.456 e. The summed E-state index contributed by atoms with van der Waals surface area (Å²) in [6, 6.07) is 10.0. The van der Waals surface area contributed by atoms with Gasteiger partial charge in [0.1, 0.15) is 0 Å². The van der Waals surface area contributed by atoms with Crippen molar-refractivity contribution in [1.82, 2.24) is 5.32 Å². The summed E-state index contributed by atoms with van der Waals surface area (Å²) in [5.74, 6) is -0.507. The second kappa shape index (κ2) is 8.45. The minimum atomic E-state index is -0.322. The summed E-state index contributed by atoms with van der Waals surface area (Å²) in [5.41, 5.74) is 1.10. The number of carbonyl (C=O) groups is 2. The number of carbonyl (C=O) groups excluding carboxylic acids is 2. The number of hydrogen-bond donors (Lipinski definition) is 1. The zero-order valence-corrected chi connectivity index (χ0v) is 12.3. The molecule has 1 aromatic carbocycles. The third kappa shape index (κ3) is 5.98. The van der Waals surface area contributed by atoms with Gasteiger partial charge in [-0.15, -0.1) is 0 Å². The average Bonchev–Trinajstić information content (AvgIpc) is 2.53. The van der Waals surface area contributed by atoms with Crippen LogP contribution in [0.2, 0.25) is 0 Å². The van der Waals surface area contributed by atoms with Crippen molar-refractivity contribution >= 4 is 11.9 Å². The van der Waals surface area contributed by atoms with E-state index in [1.54, 1.807) is 0 Å². The van der Waals surface area contributed by atoms with E-state index in [9.17, 15) is 9.59 Å². The molecule has 4 nitrogen and oxygen atoms in total. The van der Waals surface area contributed by atoms with Crippen molar-refractivity contribution in [2.75, 3.05) is 6.61 Å². The van der Waals surface area contributed by atoms with Gasteiger partial charge >= 0.3 is 5.97 Å². The average molecular weight is 289 g/mol. The molecule has 0 unspecified atom stereocenters. The van der Waals surface area contributed by atoms with E-state index in [1.165, 1.54) is 19.3 Å². The van der Waals surface area contributed by atoms with Crippen LogP contribution in [0.5, 0.6) is 0 Å². The molecule has 0 aromatic heterocycles. The fraction of sp³-hybridized carbons (Fsp3) is 0.529. The molecule has 2 rings (SSSR count). The lowest BCUT2D eigenvalue weighted by atomic mass is 9.95. The van der Waals surface area contributed by atoms with Crippen LogP contribution in [0.15, 0.2) is 30.3 Å². The van der Waals surface area contributed by atoms with E-state index >= 15 is 0 Å². The highest BCUT2D eigenvalue weighted by Crippen LogP contribution is 2.17. The van der Waals surface area contributed by atoms with Crippen molar-refractivity contribution in [3.05, 3.63) is 35.9 Å². The number of aryl methyl sites for hydroxylation is 1. The van der Waals surface area contributed by atoms with E-state index in [0.717, 1.165) is 18.4 Å². The Bertz CT molecular complexity index is 452. The molecule has 0 aliphatic heterocycles. The first-order chi connectivity index (χ1) is 10.2. The summed E-state index contributed by atoms with van der Waals surface area (Å²) in [4.78, 5) is 23.3. The van der Waals surface area contributed by atoms with Crippen LogP contribution in [0.25, 0.3) is 0 Å². The zero-order chi connectivity index (χ0) is 14.9. The van der Waals surface area contributed by atoms with Crippen molar-refractivity contribution in [2.45, 2.75) is 51.0 Å². The molecule has 1 aromatic rings. The Balaban J connectivity index is 1.60. The molecule has 1 N–H and O–H groups in total. The first kappa shape index (κ1) is 15.5. The van der Waals surface area contributed by atoms with E-state index in [-0.39, 0.29) is 24.5 Å². The van der Waals surface area contributed by atoms with Gasteiger partial charge in [-0.3, -0.25) is 9.59 Å². The van der Waals surface area contributed by atoms with Crippen LogP contribution >= 0.6 is 0 Å². The van der Waals surface area contributed by atoms with E-state index < -0.39 is 0 Å². The highest BCUT2D eigenvalue weighted by molar-refractivity contribution is 5.80. The van der Waals surface area contributed by atoms with Crippen LogP contribution < -0.4 is 5.32 Å². The van der Waals surface area contributed by atoms with Gasteiger partial charge in [-0.1, -0.05) is 49.6 Å². The quantitative estimate of drug-likeness (QED) is 0.819. The number of ether oxygens (including phenoxy) is 1. The van der Waals surface area contributed by atoms with Gasteiger partial charge < -0.3 is 10.1 Å². The molecule has 4 heteroatoms. The van der Waals surface area contributed by atoms with Crippen molar-refractivity contribution in [2.24, 2.45) is 0 Å². The molecule has 0 saturated heterocycles. The Hall–Kier alpha value is -1.84. The number of amides is 1. The minimum absolute atomic E-state index is 0.163. The van der Waals surface area contributed by atoms with Crippen LogP contribution in [0.3, 0.4) is 0 Å². The van der Waals surface area contributed by atoms with E-state index in [2.05, 4.69) is 5.32 Å². The summed E-state index contributed by atoms with van der Waals surface area (Å²) < 4.78 is 5.02. The fourth-order valence-corrected chi connectivity index (χ4v) is 2.63. The normalized spacial score (nSPS) is 15.4. The highest BCUT2D eigenvalue weighted by Gasteiger charge is 2.16. The molecule has 0 atom stereocenters. The molecule has 1 aliphatic rings. The topological polar surface area (TPSA) is 55.4 Å². The van der Waals surface area contributed by atoms with Crippen molar-refractivity contribution in [3.63, 3.8) is 0 Å². The van der Waals surface area contributed by atoms with E-state index in [0.29, 0.717) is 12.8 Å². The maximum Gasteiger partial charge on any atom is 0.306 e. The molecule has 0 radical (unpaired) electrons. The Morgan fingerprint density at radius 1 is 1.10 bits per heavy atom. The van der Waals surface area contributed by atoms with Crippen LogP contribution in [-0.4, -0.2) is 24.5 Å². The lowest BCUT2D eigenvalue weighted by Crippen LogP contribution is -2.38. The second-order valence-electron chi connectivity index (χ2n) is 5.55.